The fourth-order valence-corrected chi connectivity index (χ4v) is 4.08. The standard InChI is InChI=1S/C14H22N4O7S/c19-11(5-9-3-4-15-6-9)7-16-13(20)12-2-1-10-8-17(12)14(21)18(10)25-26(22,23)24/h9-10,12,15H,1-8H2,(H,16,20)(H,22,23,24)/t9?,10-,12+/m1/s1. The highest BCUT2D eigenvalue weighted by atomic mass is 32.3. The van der Waals surface area contributed by atoms with Crippen molar-refractivity contribution in [2.45, 2.75) is 37.8 Å². The van der Waals surface area contributed by atoms with Crippen LogP contribution in [-0.2, 0) is 24.3 Å². The zero-order chi connectivity index (χ0) is 18.9. The molecule has 2 bridgehead atoms. The van der Waals surface area contributed by atoms with Crippen LogP contribution in [0.3, 0.4) is 0 Å². The van der Waals surface area contributed by atoms with Gasteiger partial charge in [-0.15, -0.1) is 4.28 Å². The van der Waals surface area contributed by atoms with Crippen molar-refractivity contribution in [3.05, 3.63) is 0 Å². The maximum Gasteiger partial charge on any atom is 0.418 e. The lowest BCUT2D eigenvalue weighted by Crippen LogP contribution is -2.50. The molecule has 3 amide bonds. The Balaban J connectivity index is 1.52. The molecule has 3 aliphatic heterocycles. The van der Waals surface area contributed by atoms with Gasteiger partial charge in [0, 0.05) is 13.0 Å². The number of ketones is 1. The van der Waals surface area contributed by atoms with Crippen LogP contribution < -0.4 is 10.6 Å². The van der Waals surface area contributed by atoms with E-state index >= 15 is 0 Å². The summed E-state index contributed by atoms with van der Waals surface area (Å²) in [6.07, 6.45) is 2.00. The van der Waals surface area contributed by atoms with Crippen molar-refractivity contribution >= 4 is 28.1 Å². The summed E-state index contributed by atoms with van der Waals surface area (Å²) in [6.45, 7) is 1.72. The monoisotopic (exact) mass is 390 g/mol. The number of carbonyl (C=O) groups is 3. The van der Waals surface area contributed by atoms with Gasteiger partial charge in [-0.1, -0.05) is 0 Å². The van der Waals surface area contributed by atoms with Crippen molar-refractivity contribution in [2.24, 2.45) is 5.92 Å². The molecule has 0 aromatic heterocycles. The number of fused-ring (bicyclic) bond motifs is 2. The number of carbonyl (C=O) groups excluding carboxylic acids is 3. The fourth-order valence-electron chi connectivity index (χ4n) is 3.69. The lowest BCUT2D eigenvalue weighted by Gasteiger charge is -2.29. The van der Waals surface area contributed by atoms with Crippen LogP contribution in [0.5, 0.6) is 0 Å². The van der Waals surface area contributed by atoms with E-state index in [-0.39, 0.29) is 18.9 Å². The Morgan fingerprint density at radius 2 is 2.08 bits per heavy atom. The van der Waals surface area contributed by atoms with E-state index in [0.29, 0.717) is 30.2 Å². The number of nitrogens with zero attached hydrogens (tertiary/aromatic N) is 2. The second kappa shape index (κ2) is 7.47. The number of rotatable bonds is 7. The molecule has 3 N–H and O–H groups in total. The number of Topliss-reactive ketones (excluding diaryl/α,β-unsaturated/α-hetero) is 1. The number of piperidine rings is 1. The normalized spacial score (nSPS) is 28.5. The molecule has 3 aliphatic rings. The highest BCUT2D eigenvalue weighted by molar-refractivity contribution is 7.80. The molecule has 0 saturated carbocycles. The molecule has 1 unspecified atom stereocenters. The van der Waals surface area contributed by atoms with Gasteiger partial charge in [0.15, 0.2) is 5.78 Å². The zero-order valence-electron chi connectivity index (χ0n) is 14.1. The molecular weight excluding hydrogens is 368 g/mol. The highest BCUT2D eigenvalue weighted by Gasteiger charge is 2.49. The molecule has 3 rings (SSSR count). The zero-order valence-corrected chi connectivity index (χ0v) is 14.9. The van der Waals surface area contributed by atoms with Crippen molar-refractivity contribution in [3.63, 3.8) is 0 Å². The van der Waals surface area contributed by atoms with Crippen LogP contribution in [0.25, 0.3) is 0 Å². The molecule has 26 heavy (non-hydrogen) atoms. The second-order valence-corrected chi connectivity index (χ2v) is 7.83. The minimum absolute atomic E-state index is 0.0650. The van der Waals surface area contributed by atoms with Crippen molar-refractivity contribution in [2.75, 3.05) is 26.2 Å². The summed E-state index contributed by atoms with van der Waals surface area (Å²) in [4.78, 5) is 37.8. The molecule has 0 spiro atoms. The van der Waals surface area contributed by atoms with Gasteiger partial charge < -0.3 is 15.5 Å². The second-order valence-electron chi connectivity index (χ2n) is 6.83. The number of hydrogen-bond acceptors (Lipinski definition) is 7. The van der Waals surface area contributed by atoms with Gasteiger partial charge in [0.2, 0.25) is 5.91 Å². The van der Waals surface area contributed by atoms with E-state index in [4.69, 9.17) is 4.55 Å². The minimum atomic E-state index is -4.82. The first-order valence-corrected chi connectivity index (χ1v) is 9.88. The Bertz CT molecular complexity index is 691. The van der Waals surface area contributed by atoms with Gasteiger partial charge >= 0.3 is 16.4 Å². The van der Waals surface area contributed by atoms with Crippen LogP contribution in [-0.4, -0.2) is 78.9 Å². The maximum atomic E-state index is 12.4. The smallest absolute Gasteiger partial charge is 0.347 e. The molecule has 11 nitrogen and oxygen atoms in total. The molecule has 3 heterocycles. The Morgan fingerprint density at radius 1 is 1.31 bits per heavy atom. The summed E-state index contributed by atoms with van der Waals surface area (Å²) in [5.74, 6) is -0.227. The first kappa shape index (κ1) is 19.0. The van der Waals surface area contributed by atoms with Gasteiger partial charge in [0.05, 0.1) is 12.6 Å². The number of hydrogen-bond donors (Lipinski definition) is 3. The Kier molecular flexibility index (Phi) is 5.46. The summed E-state index contributed by atoms with van der Waals surface area (Å²) in [6, 6.07) is -2.15. The number of nitrogens with one attached hydrogen (secondary N) is 2. The predicted molar refractivity (Wildman–Crippen MR) is 87.0 cm³/mol. The van der Waals surface area contributed by atoms with Crippen LogP contribution >= 0.6 is 0 Å². The molecule has 3 atom stereocenters. The van der Waals surface area contributed by atoms with Crippen molar-refractivity contribution in [1.82, 2.24) is 20.6 Å². The molecular formula is C14H22N4O7S. The molecule has 0 aromatic carbocycles. The van der Waals surface area contributed by atoms with Crippen molar-refractivity contribution in [1.29, 1.82) is 0 Å². The Labute approximate surface area is 150 Å². The molecule has 12 heteroatoms. The third kappa shape index (κ3) is 4.31. The van der Waals surface area contributed by atoms with Gasteiger partial charge in [-0.3, -0.25) is 14.1 Å². The molecule has 3 fully saturated rings. The lowest BCUT2D eigenvalue weighted by atomic mass is 9.99. The van der Waals surface area contributed by atoms with Gasteiger partial charge in [0.25, 0.3) is 0 Å². The van der Waals surface area contributed by atoms with E-state index in [1.165, 1.54) is 4.90 Å². The van der Waals surface area contributed by atoms with Gasteiger partial charge in [-0.2, -0.15) is 13.5 Å². The molecule has 0 radical (unpaired) electrons. The van der Waals surface area contributed by atoms with Crippen LogP contribution in [0.2, 0.25) is 0 Å². The SMILES string of the molecule is O=C(CNC(=O)[C@@H]1CC[C@@H]2CN1C(=O)N2OS(=O)(=O)O)CC1CCNC1. The number of amides is 3. The lowest BCUT2D eigenvalue weighted by molar-refractivity contribution is -0.129. The van der Waals surface area contributed by atoms with Crippen LogP contribution in [0.4, 0.5) is 4.79 Å². The minimum Gasteiger partial charge on any atom is -0.347 e. The summed E-state index contributed by atoms with van der Waals surface area (Å²) in [5.41, 5.74) is 0. The van der Waals surface area contributed by atoms with E-state index in [1.807, 2.05) is 0 Å². The summed E-state index contributed by atoms with van der Waals surface area (Å²) < 4.78 is 34.8. The van der Waals surface area contributed by atoms with Crippen molar-refractivity contribution < 1.29 is 31.6 Å². The summed E-state index contributed by atoms with van der Waals surface area (Å²) in [7, 11) is -4.82. The van der Waals surface area contributed by atoms with E-state index in [2.05, 4.69) is 14.9 Å². The molecule has 0 aromatic rings. The number of hydroxylamine groups is 2. The van der Waals surface area contributed by atoms with E-state index in [1.54, 1.807) is 0 Å². The largest absolute Gasteiger partial charge is 0.418 e. The molecule has 146 valence electrons. The Hall–Kier alpha value is -1.76. The van der Waals surface area contributed by atoms with Crippen molar-refractivity contribution in [3.8, 4) is 0 Å². The predicted octanol–water partition coefficient (Wildman–Crippen LogP) is -1.33. The summed E-state index contributed by atoms with van der Waals surface area (Å²) >= 11 is 0. The molecule has 3 saturated heterocycles. The van der Waals surface area contributed by atoms with Crippen LogP contribution in [0, 0.1) is 5.92 Å². The van der Waals surface area contributed by atoms with Crippen LogP contribution in [0.15, 0.2) is 0 Å². The first-order chi connectivity index (χ1) is 12.2. The van der Waals surface area contributed by atoms with Gasteiger partial charge in [-0.25, -0.2) is 4.79 Å². The average Bonchev–Trinajstić information content (AvgIpc) is 3.15. The van der Waals surface area contributed by atoms with Gasteiger partial charge in [-0.05, 0) is 38.3 Å². The van der Waals surface area contributed by atoms with Crippen LogP contribution in [0.1, 0.15) is 25.7 Å². The molecule has 0 aliphatic carbocycles. The third-order valence-corrected chi connectivity index (χ3v) is 5.29. The van der Waals surface area contributed by atoms with E-state index < -0.39 is 34.4 Å². The van der Waals surface area contributed by atoms with E-state index in [9.17, 15) is 22.8 Å². The average molecular weight is 390 g/mol. The quantitative estimate of drug-likeness (QED) is 0.454. The maximum absolute atomic E-state index is 12.4. The highest BCUT2D eigenvalue weighted by Crippen LogP contribution is 2.30. The first-order valence-electron chi connectivity index (χ1n) is 8.51. The number of urea groups is 1. The third-order valence-electron chi connectivity index (χ3n) is 4.94. The van der Waals surface area contributed by atoms with Gasteiger partial charge in [0.1, 0.15) is 6.04 Å². The Morgan fingerprint density at radius 3 is 2.73 bits per heavy atom. The fraction of sp³-hybridized carbons (Fsp3) is 0.786. The van der Waals surface area contributed by atoms with E-state index in [0.717, 1.165) is 19.5 Å². The topological polar surface area (TPSA) is 145 Å². The summed E-state index contributed by atoms with van der Waals surface area (Å²) in [5, 5.41) is 6.32.